The smallest absolute Gasteiger partial charge is 0.390 e. The van der Waals surface area contributed by atoms with Crippen LogP contribution in [-0.2, 0) is 11.0 Å². The summed E-state index contributed by atoms with van der Waals surface area (Å²) in [6.45, 7) is 0. The Kier molecular flexibility index (Phi) is 3.73. The highest BCUT2D eigenvalue weighted by Gasteiger charge is 2.38. The number of hydrogen-bond acceptors (Lipinski definition) is 4. The van der Waals surface area contributed by atoms with E-state index in [4.69, 9.17) is 5.73 Å². The van der Waals surface area contributed by atoms with E-state index in [1.165, 1.54) is 0 Å². The molecule has 1 rings (SSSR count). The van der Waals surface area contributed by atoms with Crippen LogP contribution in [-0.4, -0.2) is 32.4 Å². The van der Waals surface area contributed by atoms with E-state index in [0.717, 1.165) is 6.20 Å². The van der Waals surface area contributed by atoms with Crippen LogP contribution in [0.25, 0.3) is 0 Å². The molecule has 0 radical (unpaired) electrons. The minimum Gasteiger partial charge on any atom is -0.390 e. The molecule has 1 aromatic heterocycles. The number of aromatic nitrogens is 2. The fourth-order valence-electron chi connectivity index (χ4n) is 1.27. The highest BCUT2D eigenvalue weighted by atomic mass is 19.4. The van der Waals surface area contributed by atoms with Crippen LogP contribution < -0.4 is 5.73 Å². The van der Waals surface area contributed by atoms with Crippen molar-refractivity contribution < 1.29 is 28.2 Å². The third-order valence-corrected chi connectivity index (χ3v) is 2.05. The first-order chi connectivity index (χ1) is 7.73. The van der Waals surface area contributed by atoms with Crippen LogP contribution in [0.4, 0.5) is 13.2 Å². The van der Waals surface area contributed by atoms with Crippen molar-refractivity contribution in [3.8, 4) is 0 Å². The predicted molar refractivity (Wildman–Crippen MR) is 48.4 cm³/mol. The summed E-state index contributed by atoms with van der Waals surface area (Å²) in [6, 6.07) is 0. The Morgan fingerprint density at radius 3 is 2.59 bits per heavy atom. The minimum atomic E-state index is -4.74. The lowest BCUT2D eigenvalue weighted by atomic mass is 10.0. The molecule has 1 amide bonds. The quantitative estimate of drug-likeness (QED) is 0.590. The zero-order valence-electron chi connectivity index (χ0n) is 8.40. The zero-order chi connectivity index (χ0) is 13.2. The first-order valence-electron chi connectivity index (χ1n) is 4.48. The number of H-pyrrole nitrogens is 1. The van der Waals surface area contributed by atoms with Crippen LogP contribution in [0.15, 0.2) is 6.20 Å². The Balaban J connectivity index is 2.93. The third-order valence-electron chi connectivity index (χ3n) is 2.05. The second-order valence-corrected chi connectivity index (χ2v) is 3.38. The first-order valence-corrected chi connectivity index (χ1v) is 4.48. The van der Waals surface area contributed by atoms with Crippen LogP contribution in [0.1, 0.15) is 23.8 Å². The highest BCUT2D eigenvalue weighted by Crippen LogP contribution is 2.34. The molecule has 2 atom stereocenters. The van der Waals surface area contributed by atoms with Crippen molar-refractivity contribution in [1.29, 1.82) is 0 Å². The second-order valence-electron chi connectivity index (χ2n) is 3.38. The van der Waals surface area contributed by atoms with Crippen LogP contribution >= 0.6 is 0 Å². The van der Waals surface area contributed by atoms with Crippen molar-refractivity contribution >= 4 is 5.91 Å². The maximum Gasteiger partial charge on any atom is 0.433 e. The first kappa shape index (κ1) is 13.5. The fraction of sp³-hybridized carbons (Fsp3) is 0.500. The van der Waals surface area contributed by atoms with Gasteiger partial charge in [0.05, 0.1) is 18.7 Å². The Hall–Kier alpha value is -1.61. The molecule has 5 N–H and O–H groups in total. The second kappa shape index (κ2) is 4.72. The molecule has 2 unspecified atom stereocenters. The van der Waals surface area contributed by atoms with Gasteiger partial charge >= 0.3 is 6.18 Å². The molecule has 0 aliphatic carbocycles. The number of alkyl halides is 3. The maximum atomic E-state index is 12.4. The topological polar surface area (TPSA) is 112 Å². The Labute approximate surface area is 93.2 Å². The number of aliphatic hydroxyl groups is 2. The molecule has 1 heterocycles. The molecular weight excluding hydrogens is 243 g/mol. The number of nitrogens with two attached hydrogens (primary N) is 1. The lowest BCUT2D eigenvalue weighted by Gasteiger charge is -2.17. The monoisotopic (exact) mass is 253 g/mol. The summed E-state index contributed by atoms with van der Waals surface area (Å²) < 4.78 is 37.2. The van der Waals surface area contributed by atoms with Gasteiger partial charge in [0.15, 0.2) is 0 Å². The molecule has 9 heteroatoms. The fourth-order valence-corrected chi connectivity index (χ4v) is 1.27. The van der Waals surface area contributed by atoms with Gasteiger partial charge in [-0.05, 0) is 0 Å². The molecule has 0 aromatic carbocycles. The van der Waals surface area contributed by atoms with Gasteiger partial charge in [0, 0.05) is 5.56 Å². The van der Waals surface area contributed by atoms with Gasteiger partial charge < -0.3 is 15.9 Å². The highest BCUT2D eigenvalue weighted by molar-refractivity contribution is 5.74. The lowest BCUT2D eigenvalue weighted by Crippen LogP contribution is -2.26. The van der Waals surface area contributed by atoms with E-state index >= 15 is 0 Å². The molecule has 6 nitrogen and oxygen atoms in total. The molecule has 0 saturated heterocycles. The number of hydrogen-bond donors (Lipinski definition) is 4. The van der Waals surface area contributed by atoms with Crippen molar-refractivity contribution in [2.75, 3.05) is 0 Å². The van der Waals surface area contributed by atoms with Crippen LogP contribution in [0.3, 0.4) is 0 Å². The molecule has 0 spiro atoms. The number of halogens is 3. The van der Waals surface area contributed by atoms with Gasteiger partial charge in [-0.1, -0.05) is 0 Å². The number of nitrogens with zero attached hydrogens (tertiary/aromatic N) is 1. The summed E-state index contributed by atoms with van der Waals surface area (Å²) in [4.78, 5) is 10.5. The van der Waals surface area contributed by atoms with E-state index in [1.54, 1.807) is 5.10 Å². The van der Waals surface area contributed by atoms with Gasteiger partial charge in [-0.25, -0.2) is 0 Å². The summed E-state index contributed by atoms with van der Waals surface area (Å²) >= 11 is 0. The molecule has 17 heavy (non-hydrogen) atoms. The van der Waals surface area contributed by atoms with Gasteiger partial charge in [-0.2, -0.15) is 18.3 Å². The van der Waals surface area contributed by atoms with Crippen molar-refractivity contribution in [2.24, 2.45) is 5.73 Å². The number of rotatable bonds is 4. The van der Waals surface area contributed by atoms with E-state index < -0.39 is 42.0 Å². The Bertz CT molecular complexity index is 404. The van der Waals surface area contributed by atoms with Crippen molar-refractivity contribution in [3.05, 3.63) is 17.5 Å². The van der Waals surface area contributed by atoms with E-state index in [2.05, 4.69) is 5.10 Å². The van der Waals surface area contributed by atoms with E-state index in [9.17, 15) is 28.2 Å². The van der Waals surface area contributed by atoms with Gasteiger partial charge in [0.2, 0.25) is 5.91 Å². The van der Waals surface area contributed by atoms with Gasteiger partial charge in [-0.15, -0.1) is 0 Å². The largest absolute Gasteiger partial charge is 0.433 e. The molecule has 0 aliphatic heterocycles. The Morgan fingerprint density at radius 1 is 1.53 bits per heavy atom. The SMILES string of the molecule is NC(=O)CC(O)C(O)c1cn[nH]c1C(F)(F)F. The third kappa shape index (κ3) is 3.17. The number of nitrogens with one attached hydrogen (secondary N) is 1. The summed E-state index contributed by atoms with van der Waals surface area (Å²) in [6.07, 6.45) is -8.26. The molecule has 96 valence electrons. The van der Waals surface area contributed by atoms with E-state index in [1.807, 2.05) is 0 Å². The molecule has 0 fully saturated rings. The number of carbonyl (C=O) groups excluding carboxylic acids is 1. The van der Waals surface area contributed by atoms with Gasteiger partial charge in [-0.3, -0.25) is 9.89 Å². The molecule has 0 bridgehead atoms. The standard InChI is InChI=1S/C8H10F3N3O3/c9-8(10,11)7-3(2-13-14-7)6(17)4(15)1-5(12)16/h2,4,6,15,17H,1H2,(H2,12,16)(H,13,14). The summed E-state index contributed by atoms with van der Waals surface area (Å²) in [7, 11) is 0. The molecule has 0 saturated carbocycles. The van der Waals surface area contributed by atoms with Crippen LogP contribution in [0, 0.1) is 0 Å². The minimum absolute atomic E-state index is 0.633. The predicted octanol–water partition coefficient (Wildman–Crippen LogP) is -0.302. The molecular formula is C8H10F3N3O3. The van der Waals surface area contributed by atoms with Gasteiger partial charge in [0.25, 0.3) is 0 Å². The summed E-state index contributed by atoms with van der Waals surface area (Å²) in [5.41, 5.74) is 2.85. The lowest BCUT2D eigenvalue weighted by molar-refractivity contribution is -0.143. The normalized spacial score (nSPS) is 15.6. The van der Waals surface area contributed by atoms with Crippen molar-refractivity contribution in [1.82, 2.24) is 10.2 Å². The zero-order valence-corrected chi connectivity index (χ0v) is 8.40. The maximum absolute atomic E-state index is 12.4. The van der Waals surface area contributed by atoms with Crippen molar-refractivity contribution in [3.63, 3.8) is 0 Å². The van der Waals surface area contributed by atoms with Crippen molar-refractivity contribution in [2.45, 2.75) is 24.8 Å². The summed E-state index contributed by atoms with van der Waals surface area (Å²) in [5.74, 6) is -0.936. The summed E-state index contributed by atoms with van der Waals surface area (Å²) in [5, 5.41) is 23.6. The molecule has 1 aromatic rings. The Morgan fingerprint density at radius 2 is 2.12 bits per heavy atom. The number of aromatic amines is 1. The van der Waals surface area contributed by atoms with E-state index in [-0.39, 0.29) is 0 Å². The average Bonchev–Trinajstić information content (AvgIpc) is 2.62. The number of carbonyl (C=O) groups is 1. The molecule has 0 aliphatic rings. The van der Waals surface area contributed by atoms with Crippen LogP contribution in [0.2, 0.25) is 0 Å². The van der Waals surface area contributed by atoms with E-state index in [0.29, 0.717) is 0 Å². The number of amides is 1. The number of aliphatic hydroxyl groups excluding tert-OH is 2. The van der Waals surface area contributed by atoms with Gasteiger partial charge in [0.1, 0.15) is 11.8 Å². The average molecular weight is 253 g/mol. The van der Waals surface area contributed by atoms with Crippen LogP contribution in [0.5, 0.6) is 0 Å². The number of primary amides is 1.